The van der Waals surface area contributed by atoms with Crippen LogP contribution in [0.3, 0.4) is 0 Å². The summed E-state index contributed by atoms with van der Waals surface area (Å²) in [4.78, 5) is 15.9. The minimum Gasteiger partial charge on any atom is -0.396 e. The molecule has 100 valence electrons. The van der Waals surface area contributed by atoms with Crippen molar-refractivity contribution in [1.29, 1.82) is 0 Å². The van der Waals surface area contributed by atoms with Gasteiger partial charge in [-0.25, -0.2) is 4.98 Å². The highest BCUT2D eigenvalue weighted by Crippen LogP contribution is 2.37. The molecule has 3 N–H and O–H groups in total. The average molecular weight is 270 g/mol. The number of rotatable bonds is 8. The van der Waals surface area contributed by atoms with Crippen molar-refractivity contribution in [2.75, 3.05) is 24.7 Å². The van der Waals surface area contributed by atoms with Crippen LogP contribution in [0.5, 0.6) is 0 Å². The first-order valence-corrected chi connectivity index (χ1v) is 7.36. The lowest BCUT2D eigenvalue weighted by atomic mass is 10.4. The minimum atomic E-state index is -0.221. The number of hydrogen-bond acceptors (Lipinski definition) is 5. The maximum Gasteiger partial charge on any atom is 0.290 e. The van der Waals surface area contributed by atoms with Crippen LogP contribution >= 0.6 is 11.8 Å². The zero-order valence-corrected chi connectivity index (χ0v) is 11.0. The summed E-state index contributed by atoms with van der Waals surface area (Å²) in [5.41, 5.74) is 0. The second-order valence-corrected chi connectivity index (χ2v) is 5.49. The molecular weight excluding hydrogens is 252 g/mol. The Bertz CT molecular complexity index is 392. The number of aliphatic hydroxyl groups excluding tert-OH is 1. The van der Waals surface area contributed by atoms with Gasteiger partial charge in [-0.05, 0) is 25.0 Å². The molecule has 18 heavy (non-hydrogen) atoms. The van der Waals surface area contributed by atoms with Crippen molar-refractivity contribution in [3.8, 4) is 0 Å². The molecule has 0 aliphatic heterocycles. The zero-order valence-electron chi connectivity index (χ0n) is 10.2. The van der Waals surface area contributed by atoms with E-state index in [2.05, 4.69) is 20.5 Å². The van der Waals surface area contributed by atoms with Crippen molar-refractivity contribution in [1.82, 2.24) is 20.5 Å². The second-order valence-electron chi connectivity index (χ2n) is 4.26. The zero-order chi connectivity index (χ0) is 12.8. The van der Waals surface area contributed by atoms with Crippen LogP contribution in [0, 0.1) is 0 Å². The van der Waals surface area contributed by atoms with E-state index in [0.29, 0.717) is 12.5 Å². The number of H-pyrrole nitrogens is 1. The third kappa shape index (κ3) is 3.99. The predicted molar refractivity (Wildman–Crippen MR) is 69.7 cm³/mol. The summed E-state index contributed by atoms with van der Waals surface area (Å²) < 4.78 is 0. The summed E-state index contributed by atoms with van der Waals surface area (Å²) in [6.07, 6.45) is 3.07. The van der Waals surface area contributed by atoms with E-state index in [-0.39, 0.29) is 18.3 Å². The molecule has 1 aliphatic rings. The minimum absolute atomic E-state index is 0.221. The topological polar surface area (TPSA) is 90.9 Å². The number of nitrogens with zero attached hydrogens (tertiary/aromatic N) is 2. The van der Waals surface area contributed by atoms with Crippen molar-refractivity contribution in [3.63, 3.8) is 0 Å². The largest absolute Gasteiger partial charge is 0.396 e. The molecule has 2 rings (SSSR count). The average Bonchev–Trinajstić information content (AvgIpc) is 3.11. The number of amides is 1. The fraction of sp³-hybridized carbons (Fsp3) is 0.727. The third-order valence-electron chi connectivity index (χ3n) is 2.65. The highest BCUT2D eigenvalue weighted by Gasteiger charge is 2.28. The molecule has 1 aromatic rings. The molecule has 0 aromatic carbocycles. The van der Waals surface area contributed by atoms with E-state index in [1.54, 1.807) is 11.8 Å². The molecule has 6 nitrogen and oxygen atoms in total. The number of nitrogens with one attached hydrogen (secondary N) is 2. The molecule has 1 heterocycles. The molecule has 7 heteroatoms. The molecule has 1 fully saturated rings. The van der Waals surface area contributed by atoms with E-state index in [0.717, 1.165) is 36.6 Å². The van der Waals surface area contributed by atoms with Gasteiger partial charge in [-0.3, -0.25) is 9.89 Å². The maximum absolute atomic E-state index is 11.7. The molecule has 0 unspecified atom stereocenters. The quantitative estimate of drug-likeness (QED) is 0.599. The van der Waals surface area contributed by atoms with Crippen LogP contribution in [-0.2, 0) is 0 Å². The third-order valence-corrected chi connectivity index (χ3v) is 3.72. The molecule has 0 atom stereocenters. The monoisotopic (exact) mass is 270 g/mol. The summed E-state index contributed by atoms with van der Waals surface area (Å²) in [6, 6.07) is 0. The van der Waals surface area contributed by atoms with Crippen molar-refractivity contribution in [3.05, 3.63) is 11.6 Å². The molecule has 1 amide bonds. The molecule has 0 bridgehead atoms. The Balaban J connectivity index is 1.64. The van der Waals surface area contributed by atoms with Crippen molar-refractivity contribution in [2.45, 2.75) is 25.2 Å². The first kappa shape index (κ1) is 13.4. The van der Waals surface area contributed by atoms with Crippen LogP contribution in [-0.4, -0.2) is 50.9 Å². The second kappa shape index (κ2) is 6.75. The van der Waals surface area contributed by atoms with Crippen molar-refractivity contribution in [2.24, 2.45) is 0 Å². The van der Waals surface area contributed by atoms with Crippen molar-refractivity contribution >= 4 is 17.7 Å². The highest BCUT2D eigenvalue weighted by atomic mass is 32.2. The normalized spacial score (nSPS) is 14.7. The van der Waals surface area contributed by atoms with Gasteiger partial charge >= 0.3 is 0 Å². The van der Waals surface area contributed by atoms with E-state index >= 15 is 0 Å². The number of aliphatic hydroxyl groups is 1. The summed E-state index contributed by atoms with van der Waals surface area (Å²) >= 11 is 1.71. The van der Waals surface area contributed by atoms with E-state index in [9.17, 15) is 4.79 Å². The van der Waals surface area contributed by atoms with Gasteiger partial charge in [0.05, 0.1) is 0 Å². The van der Waals surface area contributed by atoms with Crippen LogP contribution in [0.2, 0.25) is 0 Å². The molecule has 0 saturated heterocycles. The Labute approximate surface area is 110 Å². The molecule has 1 saturated carbocycles. The smallest absolute Gasteiger partial charge is 0.290 e. The van der Waals surface area contributed by atoms with Gasteiger partial charge in [-0.15, -0.1) is 5.10 Å². The number of aromatic amines is 1. The lowest BCUT2D eigenvalue weighted by Gasteiger charge is -2.01. The molecule has 1 aromatic heterocycles. The van der Waals surface area contributed by atoms with Gasteiger partial charge in [0.2, 0.25) is 5.82 Å². The van der Waals surface area contributed by atoms with Gasteiger partial charge in [0.1, 0.15) is 5.82 Å². The van der Waals surface area contributed by atoms with Gasteiger partial charge in [-0.2, -0.15) is 11.8 Å². The first-order valence-electron chi connectivity index (χ1n) is 6.20. The van der Waals surface area contributed by atoms with Crippen LogP contribution in [0.15, 0.2) is 0 Å². The van der Waals surface area contributed by atoms with E-state index in [4.69, 9.17) is 5.11 Å². The molecule has 0 spiro atoms. The maximum atomic E-state index is 11.7. The molecule has 1 aliphatic carbocycles. The summed E-state index contributed by atoms with van der Waals surface area (Å²) in [5.74, 6) is 3.08. The van der Waals surface area contributed by atoms with Crippen LogP contribution < -0.4 is 5.32 Å². The van der Waals surface area contributed by atoms with Crippen molar-refractivity contribution < 1.29 is 9.90 Å². The lowest BCUT2D eigenvalue weighted by molar-refractivity contribution is 0.0946. The van der Waals surface area contributed by atoms with Crippen LogP contribution in [0.1, 0.15) is 41.6 Å². The molecular formula is C11H18N4O2S. The Morgan fingerprint density at radius 2 is 2.33 bits per heavy atom. The van der Waals surface area contributed by atoms with Gasteiger partial charge in [-0.1, -0.05) is 0 Å². The van der Waals surface area contributed by atoms with E-state index in [1.165, 1.54) is 0 Å². The highest BCUT2D eigenvalue weighted by molar-refractivity contribution is 7.99. The number of carbonyl (C=O) groups is 1. The Hall–Kier alpha value is -1.08. The van der Waals surface area contributed by atoms with Gasteiger partial charge in [0, 0.05) is 24.8 Å². The summed E-state index contributed by atoms with van der Waals surface area (Å²) in [6.45, 7) is 0.822. The Morgan fingerprint density at radius 3 is 3.06 bits per heavy atom. The Morgan fingerprint density at radius 1 is 1.50 bits per heavy atom. The van der Waals surface area contributed by atoms with E-state index in [1.807, 2.05) is 0 Å². The number of thioether (sulfide) groups is 1. The fourth-order valence-electron chi connectivity index (χ4n) is 1.50. The number of aromatic nitrogens is 3. The predicted octanol–water partition coefficient (Wildman–Crippen LogP) is 0.527. The standard InChI is InChI=1S/C11H18N4O2S/c16-5-1-6-18-7-4-12-11(17)10-13-9(14-15-10)8-2-3-8/h8,16H,1-7H2,(H,12,17)(H,13,14,15). The molecule has 0 radical (unpaired) electrons. The summed E-state index contributed by atoms with van der Waals surface area (Å²) in [7, 11) is 0. The lowest BCUT2D eigenvalue weighted by Crippen LogP contribution is -2.26. The Kier molecular flexibility index (Phi) is 5.00. The number of hydrogen-bond donors (Lipinski definition) is 3. The van der Waals surface area contributed by atoms with Gasteiger partial charge in [0.15, 0.2) is 0 Å². The number of carbonyl (C=O) groups excluding carboxylic acids is 1. The van der Waals surface area contributed by atoms with Gasteiger partial charge < -0.3 is 10.4 Å². The fourth-order valence-corrected chi connectivity index (χ4v) is 2.28. The summed E-state index contributed by atoms with van der Waals surface area (Å²) in [5, 5.41) is 18.1. The van der Waals surface area contributed by atoms with Crippen LogP contribution in [0.25, 0.3) is 0 Å². The SMILES string of the molecule is O=C(NCCSCCCO)c1n[nH]c(C2CC2)n1. The van der Waals surface area contributed by atoms with E-state index < -0.39 is 0 Å². The first-order chi connectivity index (χ1) is 8.81. The van der Waals surface area contributed by atoms with Gasteiger partial charge in [0.25, 0.3) is 5.91 Å². The van der Waals surface area contributed by atoms with Crippen LogP contribution in [0.4, 0.5) is 0 Å².